The van der Waals surface area contributed by atoms with E-state index in [-0.39, 0.29) is 12.1 Å². The molecule has 0 saturated heterocycles. The summed E-state index contributed by atoms with van der Waals surface area (Å²) in [6, 6.07) is 5.63. The van der Waals surface area contributed by atoms with Crippen molar-refractivity contribution in [3.8, 4) is 0 Å². The minimum atomic E-state index is -0.409. The molecule has 2 rings (SSSR count). The van der Waals surface area contributed by atoms with Crippen LogP contribution in [0.1, 0.15) is 150 Å². The Labute approximate surface area is 220 Å². The van der Waals surface area contributed by atoms with Crippen LogP contribution < -0.4 is 0 Å². The van der Waals surface area contributed by atoms with Gasteiger partial charge in [-0.1, -0.05) is 91.5 Å². The van der Waals surface area contributed by atoms with Gasteiger partial charge in [0.25, 0.3) is 0 Å². The maximum absolute atomic E-state index is 13.1. The van der Waals surface area contributed by atoms with E-state index in [1.165, 1.54) is 51.4 Å². The summed E-state index contributed by atoms with van der Waals surface area (Å²) in [5.74, 6) is 0.719. The third kappa shape index (κ3) is 12.4. The van der Waals surface area contributed by atoms with E-state index >= 15 is 0 Å². The summed E-state index contributed by atoms with van der Waals surface area (Å²) in [6.45, 7) is 9.44. The number of unbranched alkanes of at least 4 members (excludes halogenated alkanes) is 6. The predicted octanol–water partition coefficient (Wildman–Crippen LogP) is 9.09. The van der Waals surface area contributed by atoms with Gasteiger partial charge >= 0.3 is 11.9 Å². The van der Waals surface area contributed by atoms with Crippen LogP contribution in [-0.4, -0.2) is 24.6 Å². The lowest BCUT2D eigenvalue weighted by atomic mass is 9.97. The van der Waals surface area contributed by atoms with Crippen molar-refractivity contribution in [2.45, 2.75) is 137 Å². The van der Waals surface area contributed by atoms with E-state index in [2.05, 4.69) is 27.7 Å². The molecule has 0 atom stereocenters. The lowest BCUT2D eigenvalue weighted by Crippen LogP contribution is -2.23. The van der Waals surface area contributed by atoms with Crippen molar-refractivity contribution in [1.82, 2.24) is 0 Å². The van der Waals surface area contributed by atoms with Gasteiger partial charge in [0.1, 0.15) is 6.10 Å². The standard InChI is InChI=1S/C32H52O4/c1-25(2)16-10-5-6-12-18-27-21-22-29(31(33)35-23-15-8-7-11-17-26(3)4)30(24-27)32(34)36-28-19-13-9-14-20-28/h21-22,24-26,28H,5-20,23H2,1-4H3. The Bertz CT molecular complexity index is 761. The van der Waals surface area contributed by atoms with Crippen molar-refractivity contribution in [2.75, 3.05) is 6.61 Å². The van der Waals surface area contributed by atoms with E-state index in [1.54, 1.807) is 6.07 Å². The Morgan fingerprint density at radius 3 is 2.00 bits per heavy atom. The van der Waals surface area contributed by atoms with Crippen molar-refractivity contribution in [3.63, 3.8) is 0 Å². The fraction of sp³-hybridized carbons (Fsp3) is 0.750. The number of rotatable bonds is 17. The Kier molecular flexibility index (Phi) is 14.8. The quantitative estimate of drug-likeness (QED) is 0.158. The van der Waals surface area contributed by atoms with Crippen LogP contribution in [0.25, 0.3) is 0 Å². The zero-order valence-electron chi connectivity index (χ0n) is 23.6. The van der Waals surface area contributed by atoms with Crippen LogP contribution in [0.4, 0.5) is 0 Å². The largest absolute Gasteiger partial charge is 0.462 e. The van der Waals surface area contributed by atoms with Crippen LogP contribution in [0.15, 0.2) is 18.2 Å². The summed E-state index contributed by atoms with van der Waals surface area (Å²) in [5.41, 5.74) is 1.81. The normalized spacial score (nSPS) is 14.4. The Morgan fingerprint density at radius 2 is 1.36 bits per heavy atom. The van der Waals surface area contributed by atoms with E-state index in [1.807, 2.05) is 12.1 Å². The maximum Gasteiger partial charge on any atom is 0.339 e. The van der Waals surface area contributed by atoms with Crippen LogP contribution in [0, 0.1) is 11.8 Å². The number of ether oxygens (including phenoxy) is 2. The van der Waals surface area contributed by atoms with Gasteiger partial charge in [-0.05, 0) is 74.5 Å². The molecule has 4 nitrogen and oxygen atoms in total. The average molecular weight is 501 g/mol. The molecule has 1 aromatic rings. The molecular formula is C32H52O4. The van der Waals surface area contributed by atoms with Gasteiger partial charge in [-0.25, -0.2) is 9.59 Å². The smallest absolute Gasteiger partial charge is 0.339 e. The first-order valence-corrected chi connectivity index (χ1v) is 14.9. The molecule has 0 bridgehead atoms. The molecule has 1 fully saturated rings. The van der Waals surface area contributed by atoms with Gasteiger partial charge in [0.05, 0.1) is 17.7 Å². The zero-order chi connectivity index (χ0) is 26.2. The molecule has 4 heteroatoms. The van der Waals surface area contributed by atoms with Gasteiger partial charge in [0.15, 0.2) is 0 Å². The summed E-state index contributed by atoms with van der Waals surface area (Å²) >= 11 is 0. The molecule has 0 aliphatic heterocycles. The van der Waals surface area contributed by atoms with Crippen molar-refractivity contribution in [1.29, 1.82) is 0 Å². The highest BCUT2D eigenvalue weighted by atomic mass is 16.5. The number of benzene rings is 1. The predicted molar refractivity (Wildman–Crippen MR) is 149 cm³/mol. The monoisotopic (exact) mass is 500 g/mol. The molecule has 0 radical (unpaired) electrons. The Morgan fingerprint density at radius 1 is 0.750 bits per heavy atom. The number of esters is 2. The van der Waals surface area contributed by atoms with E-state index in [4.69, 9.17) is 9.47 Å². The van der Waals surface area contributed by atoms with E-state index < -0.39 is 5.97 Å². The Hall–Kier alpha value is -1.84. The SMILES string of the molecule is CC(C)CCCCCCOC(=O)c1ccc(CCCCCCC(C)C)cc1C(=O)OC1CCCCC1. The van der Waals surface area contributed by atoms with Crippen LogP contribution in [0.3, 0.4) is 0 Å². The molecule has 36 heavy (non-hydrogen) atoms. The molecule has 204 valence electrons. The fourth-order valence-corrected chi connectivity index (χ4v) is 4.98. The van der Waals surface area contributed by atoms with E-state index in [0.717, 1.165) is 68.8 Å². The maximum atomic E-state index is 13.1. The summed E-state index contributed by atoms with van der Waals surface area (Å²) in [4.78, 5) is 26.1. The third-order valence-electron chi connectivity index (χ3n) is 7.26. The molecule has 1 aromatic carbocycles. The summed E-state index contributed by atoms with van der Waals surface area (Å²) in [6.07, 6.45) is 17.8. The van der Waals surface area contributed by atoms with Gasteiger partial charge in [0.2, 0.25) is 0 Å². The second-order valence-corrected chi connectivity index (χ2v) is 11.6. The summed E-state index contributed by atoms with van der Waals surface area (Å²) in [5, 5.41) is 0. The van der Waals surface area contributed by atoms with Crippen molar-refractivity contribution >= 4 is 11.9 Å². The van der Waals surface area contributed by atoms with Gasteiger partial charge < -0.3 is 9.47 Å². The molecule has 1 aliphatic rings. The molecule has 1 aliphatic carbocycles. The first-order chi connectivity index (χ1) is 17.4. The number of carbonyl (C=O) groups is 2. The lowest BCUT2D eigenvalue weighted by molar-refractivity contribution is 0.0203. The number of hydrogen-bond donors (Lipinski definition) is 0. The molecule has 0 unspecified atom stereocenters. The van der Waals surface area contributed by atoms with Gasteiger partial charge in [-0.2, -0.15) is 0 Å². The van der Waals surface area contributed by atoms with E-state index in [9.17, 15) is 9.59 Å². The van der Waals surface area contributed by atoms with Crippen LogP contribution >= 0.6 is 0 Å². The van der Waals surface area contributed by atoms with Crippen LogP contribution in [-0.2, 0) is 15.9 Å². The molecule has 0 spiro atoms. The van der Waals surface area contributed by atoms with Crippen molar-refractivity contribution in [3.05, 3.63) is 34.9 Å². The number of carbonyl (C=O) groups excluding carboxylic acids is 2. The van der Waals surface area contributed by atoms with Crippen LogP contribution in [0.2, 0.25) is 0 Å². The molecule has 0 N–H and O–H groups in total. The highest BCUT2D eigenvalue weighted by molar-refractivity contribution is 6.03. The number of hydrogen-bond acceptors (Lipinski definition) is 4. The first kappa shape index (κ1) is 30.4. The molecule has 1 saturated carbocycles. The molecule has 0 aromatic heterocycles. The zero-order valence-corrected chi connectivity index (χ0v) is 23.6. The van der Waals surface area contributed by atoms with Gasteiger partial charge in [-0.3, -0.25) is 0 Å². The van der Waals surface area contributed by atoms with Gasteiger partial charge in [-0.15, -0.1) is 0 Å². The molecule has 0 heterocycles. The van der Waals surface area contributed by atoms with Crippen molar-refractivity contribution in [2.24, 2.45) is 11.8 Å². The topological polar surface area (TPSA) is 52.6 Å². The molecule has 0 amide bonds. The first-order valence-electron chi connectivity index (χ1n) is 14.9. The third-order valence-corrected chi connectivity index (χ3v) is 7.26. The minimum Gasteiger partial charge on any atom is -0.462 e. The second-order valence-electron chi connectivity index (χ2n) is 11.6. The minimum absolute atomic E-state index is 0.0365. The highest BCUT2D eigenvalue weighted by Crippen LogP contribution is 2.24. The fourth-order valence-electron chi connectivity index (χ4n) is 4.98. The summed E-state index contributed by atoms with van der Waals surface area (Å²) in [7, 11) is 0. The van der Waals surface area contributed by atoms with E-state index in [0.29, 0.717) is 17.7 Å². The average Bonchev–Trinajstić information content (AvgIpc) is 2.85. The highest BCUT2D eigenvalue weighted by Gasteiger charge is 2.24. The summed E-state index contributed by atoms with van der Waals surface area (Å²) < 4.78 is 11.4. The lowest BCUT2D eigenvalue weighted by Gasteiger charge is -2.22. The van der Waals surface area contributed by atoms with Crippen molar-refractivity contribution < 1.29 is 19.1 Å². The second kappa shape index (κ2) is 17.6. The van der Waals surface area contributed by atoms with Crippen LogP contribution in [0.5, 0.6) is 0 Å². The Balaban J connectivity index is 1.93. The van der Waals surface area contributed by atoms with Gasteiger partial charge in [0, 0.05) is 0 Å². The number of aryl methyl sites for hydroxylation is 1. The molecular weight excluding hydrogens is 448 g/mol.